The number of nitriles is 1. The summed E-state index contributed by atoms with van der Waals surface area (Å²) < 4.78 is 0. The molecule has 38 heavy (non-hydrogen) atoms. The van der Waals surface area contributed by atoms with Crippen molar-refractivity contribution < 1.29 is 5.11 Å². The van der Waals surface area contributed by atoms with Gasteiger partial charge in [-0.15, -0.1) is 10.2 Å². The van der Waals surface area contributed by atoms with Crippen molar-refractivity contribution in [1.29, 1.82) is 5.26 Å². The maximum atomic E-state index is 10.2. The van der Waals surface area contributed by atoms with Crippen molar-refractivity contribution in [2.24, 2.45) is 5.92 Å². The van der Waals surface area contributed by atoms with Gasteiger partial charge in [-0.3, -0.25) is 4.90 Å². The molecule has 0 bridgehead atoms. The van der Waals surface area contributed by atoms with Crippen LogP contribution in [0, 0.1) is 29.1 Å². The highest BCUT2D eigenvalue weighted by atomic mass is 16.3. The van der Waals surface area contributed by atoms with E-state index in [0.29, 0.717) is 29.4 Å². The molecule has 3 aromatic rings. The molecule has 2 fully saturated rings. The van der Waals surface area contributed by atoms with Crippen molar-refractivity contribution in [2.45, 2.75) is 19.3 Å². The van der Waals surface area contributed by atoms with Gasteiger partial charge in [0.05, 0.1) is 24.0 Å². The molecule has 2 aliphatic heterocycles. The largest absolute Gasteiger partial charge is 0.507 e. The standard InChI is InChI=1S/C28H31N9O/c29-20-21-9-15-35(16-10-21)12-3-7-26-31-11-8-27(32-26)37-14-4-13-36(17-18-37)24-19-23(33-34-28(24)30)22-5-1-2-6-25(22)38/h1-2,5-6,8,11,19,21,38H,4,9-10,12-18H2,(H2,30,34). The molecule has 2 aromatic heterocycles. The maximum Gasteiger partial charge on any atom is 0.206 e. The summed E-state index contributed by atoms with van der Waals surface area (Å²) in [6.07, 6.45) is 4.49. The summed E-state index contributed by atoms with van der Waals surface area (Å²) in [6.45, 7) is 5.62. The van der Waals surface area contributed by atoms with Gasteiger partial charge in [0.2, 0.25) is 5.82 Å². The zero-order valence-electron chi connectivity index (χ0n) is 21.3. The van der Waals surface area contributed by atoms with Crippen LogP contribution in [0.2, 0.25) is 0 Å². The van der Waals surface area contributed by atoms with Crippen LogP contribution in [-0.2, 0) is 0 Å². The third kappa shape index (κ3) is 5.93. The molecule has 0 amide bonds. The minimum Gasteiger partial charge on any atom is -0.507 e. The van der Waals surface area contributed by atoms with Crippen molar-refractivity contribution in [3.05, 3.63) is 48.4 Å². The van der Waals surface area contributed by atoms with Crippen molar-refractivity contribution in [3.63, 3.8) is 0 Å². The Morgan fingerprint density at radius 3 is 2.61 bits per heavy atom. The van der Waals surface area contributed by atoms with Crippen molar-refractivity contribution in [1.82, 2.24) is 25.1 Å². The Morgan fingerprint density at radius 1 is 1.00 bits per heavy atom. The molecule has 4 heterocycles. The van der Waals surface area contributed by atoms with Crippen LogP contribution in [0.3, 0.4) is 0 Å². The van der Waals surface area contributed by atoms with Crippen LogP contribution in [0.5, 0.6) is 5.75 Å². The molecule has 0 radical (unpaired) electrons. The topological polar surface area (TPSA) is 131 Å². The number of aromatic nitrogens is 4. The second kappa shape index (κ2) is 11.8. The van der Waals surface area contributed by atoms with E-state index in [9.17, 15) is 5.11 Å². The SMILES string of the molecule is N#CC1CCN(CC#Cc2nccc(N3CCCN(c4cc(-c5ccccc5O)nnc4N)CC3)n2)CC1. The van der Waals surface area contributed by atoms with Crippen LogP contribution in [-0.4, -0.2) is 76.0 Å². The first kappa shape index (κ1) is 25.2. The fraction of sp³-hybridized carbons (Fsp3) is 0.393. The van der Waals surface area contributed by atoms with E-state index in [-0.39, 0.29) is 11.7 Å². The Morgan fingerprint density at radius 2 is 1.79 bits per heavy atom. The van der Waals surface area contributed by atoms with Gasteiger partial charge in [-0.05, 0) is 49.4 Å². The number of anilines is 3. The summed E-state index contributed by atoms with van der Waals surface area (Å²) in [7, 11) is 0. The first-order chi connectivity index (χ1) is 18.6. The van der Waals surface area contributed by atoms with Crippen molar-refractivity contribution in [3.8, 4) is 34.9 Å². The zero-order chi connectivity index (χ0) is 26.3. The second-order valence-electron chi connectivity index (χ2n) is 9.56. The number of phenols is 1. The average Bonchev–Trinajstić information content (AvgIpc) is 3.21. The van der Waals surface area contributed by atoms with E-state index in [0.717, 1.165) is 70.0 Å². The molecular weight excluding hydrogens is 478 g/mol. The van der Waals surface area contributed by atoms with Crippen LogP contribution < -0.4 is 15.5 Å². The van der Waals surface area contributed by atoms with E-state index in [4.69, 9.17) is 16.0 Å². The average molecular weight is 510 g/mol. The van der Waals surface area contributed by atoms with Gasteiger partial charge in [0, 0.05) is 56.9 Å². The lowest BCUT2D eigenvalue weighted by Gasteiger charge is -2.26. The van der Waals surface area contributed by atoms with Crippen molar-refractivity contribution >= 4 is 17.3 Å². The molecule has 1 aromatic carbocycles. The van der Waals surface area contributed by atoms with Crippen LogP contribution >= 0.6 is 0 Å². The molecule has 194 valence electrons. The predicted molar refractivity (Wildman–Crippen MR) is 146 cm³/mol. The van der Waals surface area contributed by atoms with E-state index >= 15 is 0 Å². The molecule has 3 N–H and O–H groups in total. The third-order valence-electron chi connectivity index (χ3n) is 7.06. The van der Waals surface area contributed by atoms with Gasteiger partial charge in [0.15, 0.2) is 5.82 Å². The smallest absolute Gasteiger partial charge is 0.206 e. The molecule has 0 unspecified atom stereocenters. The number of para-hydroxylation sites is 1. The van der Waals surface area contributed by atoms with Crippen LogP contribution in [0.1, 0.15) is 25.1 Å². The highest BCUT2D eigenvalue weighted by molar-refractivity contribution is 5.74. The summed E-state index contributed by atoms with van der Waals surface area (Å²) in [6, 6.07) is 13.3. The first-order valence-corrected chi connectivity index (χ1v) is 13.0. The molecule has 2 saturated heterocycles. The molecule has 0 saturated carbocycles. The Labute approximate surface area is 222 Å². The van der Waals surface area contributed by atoms with E-state index < -0.39 is 0 Å². The second-order valence-corrected chi connectivity index (χ2v) is 9.56. The van der Waals surface area contributed by atoms with Crippen LogP contribution in [0.25, 0.3) is 11.3 Å². The Bertz CT molecular complexity index is 1370. The normalized spacial score (nSPS) is 16.8. The minimum atomic E-state index is 0.158. The van der Waals surface area contributed by atoms with Gasteiger partial charge in [0.1, 0.15) is 11.6 Å². The number of likely N-dealkylation sites (tertiary alicyclic amines) is 1. The summed E-state index contributed by atoms with van der Waals surface area (Å²) in [4.78, 5) is 15.8. The van der Waals surface area contributed by atoms with E-state index in [1.54, 1.807) is 18.3 Å². The number of phenolic OH excluding ortho intramolecular Hbond substituents is 1. The number of piperidine rings is 1. The maximum absolute atomic E-state index is 10.2. The lowest BCUT2D eigenvalue weighted by atomic mass is 9.99. The van der Waals surface area contributed by atoms with E-state index in [2.05, 4.69) is 47.8 Å². The van der Waals surface area contributed by atoms with E-state index in [1.807, 2.05) is 24.3 Å². The minimum absolute atomic E-state index is 0.158. The van der Waals surface area contributed by atoms with Gasteiger partial charge >= 0.3 is 0 Å². The quantitative estimate of drug-likeness (QED) is 0.506. The number of benzene rings is 1. The monoisotopic (exact) mass is 509 g/mol. The van der Waals surface area contributed by atoms with Gasteiger partial charge in [-0.2, -0.15) is 5.26 Å². The number of nitrogen functional groups attached to an aromatic ring is 1. The van der Waals surface area contributed by atoms with Gasteiger partial charge in [-0.1, -0.05) is 18.1 Å². The predicted octanol–water partition coefficient (Wildman–Crippen LogP) is 2.53. The lowest BCUT2D eigenvalue weighted by Crippen LogP contribution is -2.33. The summed E-state index contributed by atoms with van der Waals surface area (Å²) in [5.41, 5.74) is 8.24. The Hall–Kier alpha value is -4.41. The third-order valence-corrected chi connectivity index (χ3v) is 7.06. The molecule has 0 atom stereocenters. The number of nitrogens with two attached hydrogens (primary N) is 1. The molecular formula is C28H31N9O. The Balaban J connectivity index is 1.24. The first-order valence-electron chi connectivity index (χ1n) is 13.0. The fourth-order valence-corrected chi connectivity index (χ4v) is 4.89. The fourth-order valence-electron chi connectivity index (χ4n) is 4.89. The highest BCUT2D eigenvalue weighted by Gasteiger charge is 2.21. The van der Waals surface area contributed by atoms with E-state index in [1.165, 1.54) is 0 Å². The van der Waals surface area contributed by atoms with Crippen molar-refractivity contribution in [2.75, 3.05) is 61.3 Å². The lowest BCUT2D eigenvalue weighted by molar-refractivity contribution is 0.228. The summed E-state index contributed by atoms with van der Waals surface area (Å²) in [5.74, 6) is 8.39. The molecule has 0 spiro atoms. The van der Waals surface area contributed by atoms with Gasteiger partial charge in [0.25, 0.3) is 0 Å². The number of nitrogens with zero attached hydrogens (tertiary/aromatic N) is 8. The molecule has 10 nitrogen and oxygen atoms in total. The zero-order valence-corrected chi connectivity index (χ0v) is 21.3. The van der Waals surface area contributed by atoms with Crippen LogP contribution in [0.4, 0.5) is 17.3 Å². The Kier molecular flexibility index (Phi) is 7.81. The molecule has 10 heteroatoms. The number of aromatic hydroxyl groups is 1. The molecule has 0 aliphatic carbocycles. The number of rotatable bonds is 4. The number of hydrogen-bond donors (Lipinski definition) is 2. The number of hydrogen-bond acceptors (Lipinski definition) is 10. The van der Waals surface area contributed by atoms with Crippen LogP contribution in [0.15, 0.2) is 42.6 Å². The summed E-state index contributed by atoms with van der Waals surface area (Å²) in [5, 5.41) is 27.7. The summed E-state index contributed by atoms with van der Waals surface area (Å²) >= 11 is 0. The van der Waals surface area contributed by atoms with Gasteiger partial charge in [-0.25, -0.2) is 9.97 Å². The molecule has 5 rings (SSSR count). The highest BCUT2D eigenvalue weighted by Crippen LogP contribution is 2.31. The van der Waals surface area contributed by atoms with Gasteiger partial charge < -0.3 is 20.6 Å². The molecule has 2 aliphatic rings.